The Morgan fingerprint density at radius 2 is 1.73 bits per heavy atom. The molecule has 2 aromatic rings. The van der Waals surface area contributed by atoms with Crippen molar-refractivity contribution in [2.75, 3.05) is 32.2 Å². The second-order valence-electron chi connectivity index (χ2n) is 6.86. The van der Waals surface area contributed by atoms with Crippen LogP contribution in [-0.2, 0) is 20.5 Å². The van der Waals surface area contributed by atoms with Gasteiger partial charge in [-0.05, 0) is 42.7 Å². The number of amides is 1. The summed E-state index contributed by atoms with van der Waals surface area (Å²) in [6, 6.07) is 14.5. The van der Waals surface area contributed by atoms with Gasteiger partial charge in [-0.2, -0.15) is 0 Å². The van der Waals surface area contributed by atoms with Crippen LogP contribution in [0.1, 0.15) is 18.4 Å². The number of rotatable bonds is 6. The SMILES string of the molecule is COc1cccc(C2(C(=O)NS(=O)(=O)[O-])CCN(c3ccccc3OC)CC2)c1.Cl. The highest BCUT2D eigenvalue weighted by Crippen LogP contribution is 2.40. The fourth-order valence-electron chi connectivity index (χ4n) is 3.80. The first-order valence-corrected chi connectivity index (χ1v) is 10.5. The summed E-state index contributed by atoms with van der Waals surface area (Å²) in [6.45, 7) is 0.952. The second kappa shape index (κ2) is 9.55. The zero-order chi connectivity index (χ0) is 21.1. The lowest BCUT2D eigenvalue weighted by molar-refractivity contribution is -0.125. The molecule has 30 heavy (non-hydrogen) atoms. The molecule has 3 rings (SSSR count). The molecule has 0 unspecified atom stereocenters. The van der Waals surface area contributed by atoms with Crippen LogP contribution < -0.4 is 19.1 Å². The van der Waals surface area contributed by atoms with Gasteiger partial charge in [-0.15, -0.1) is 12.4 Å². The van der Waals surface area contributed by atoms with Gasteiger partial charge in [-0.1, -0.05) is 24.3 Å². The normalized spacial score (nSPS) is 15.6. The largest absolute Gasteiger partial charge is 0.731 e. The summed E-state index contributed by atoms with van der Waals surface area (Å²) in [7, 11) is -1.82. The van der Waals surface area contributed by atoms with Crippen LogP contribution in [0, 0.1) is 0 Å². The van der Waals surface area contributed by atoms with E-state index >= 15 is 0 Å². The lowest BCUT2D eigenvalue weighted by Crippen LogP contribution is -2.53. The fraction of sp³-hybridized carbons (Fsp3) is 0.350. The van der Waals surface area contributed by atoms with E-state index < -0.39 is 21.6 Å². The zero-order valence-corrected chi connectivity index (χ0v) is 18.3. The van der Waals surface area contributed by atoms with Crippen LogP contribution in [0.15, 0.2) is 48.5 Å². The van der Waals surface area contributed by atoms with Crippen molar-refractivity contribution in [3.63, 3.8) is 0 Å². The van der Waals surface area contributed by atoms with Crippen molar-refractivity contribution in [3.05, 3.63) is 54.1 Å². The molecule has 0 bridgehead atoms. The fourth-order valence-corrected chi connectivity index (χ4v) is 4.22. The second-order valence-corrected chi connectivity index (χ2v) is 7.97. The molecule has 1 saturated heterocycles. The van der Waals surface area contributed by atoms with Gasteiger partial charge in [0.2, 0.25) is 5.91 Å². The lowest BCUT2D eigenvalue weighted by atomic mass is 9.72. The molecule has 1 heterocycles. The molecule has 8 nitrogen and oxygen atoms in total. The lowest BCUT2D eigenvalue weighted by Gasteiger charge is -2.42. The molecule has 0 aromatic heterocycles. The maximum atomic E-state index is 12.9. The van der Waals surface area contributed by atoms with Crippen molar-refractivity contribution >= 4 is 34.3 Å². The van der Waals surface area contributed by atoms with Crippen LogP contribution in [0.25, 0.3) is 0 Å². The Hall–Kier alpha value is -2.49. The summed E-state index contributed by atoms with van der Waals surface area (Å²) in [5.41, 5.74) is 0.341. The summed E-state index contributed by atoms with van der Waals surface area (Å²) in [5.74, 6) is 0.445. The van der Waals surface area contributed by atoms with Gasteiger partial charge in [0.25, 0.3) is 0 Å². The average molecular weight is 456 g/mol. The van der Waals surface area contributed by atoms with Crippen LogP contribution in [0.2, 0.25) is 0 Å². The number of piperidine rings is 1. The quantitative estimate of drug-likeness (QED) is 0.665. The Kier molecular flexibility index (Phi) is 7.57. The molecule has 10 heteroatoms. The third-order valence-corrected chi connectivity index (χ3v) is 5.75. The third kappa shape index (κ3) is 4.97. The number of benzene rings is 2. The molecular formula is C20H24ClN2O6S-. The maximum Gasteiger partial charge on any atom is 0.243 e. The number of methoxy groups -OCH3 is 2. The van der Waals surface area contributed by atoms with Crippen LogP contribution in [-0.4, -0.2) is 46.2 Å². The highest BCUT2D eigenvalue weighted by molar-refractivity contribution is 7.84. The van der Waals surface area contributed by atoms with Gasteiger partial charge in [0, 0.05) is 13.1 Å². The van der Waals surface area contributed by atoms with E-state index in [1.54, 1.807) is 36.1 Å². The molecule has 2 aromatic carbocycles. The van der Waals surface area contributed by atoms with Crippen molar-refractivity contribution in [2.45, 2.75) is 18.3 Å². The maximum absolute atomic E-state index is 12.9. The number of ether oxygens (including phenoxy) is 2. The number of nitrogens with zero attached hydrogens (tertiary/aromatic N) is 1. The molecule has 0 atom stereocenters. The molecule has 164 valence electrons. The van der Waals surface area contributed by atoms with E-state index in [1.165, 1.54) is 7.11 Å². The molecule has 1 amide bonds. The Bertz CT molecular complexity index is 990. The van der Waals surface area contributed by atoms with Gasteiger partial charge in [-0.3, -0.25) is 9.52 Å². The van der Waals surface area contributed by atoms with Crippen molar-refractivity contribution < 1.29 is 27.2 Å². The number of hydrogen-bond acceptors (Lipinski definition) is 7. The molecular weight excluding hydrogens is 432 g/mol. The molecule has 0 aliphatic carbocycles. The minimum absolute atomic E-state index is 0. The molecule has 0 saturated carbocycles. The minimum atomic E-state index is -4.93. The predicted molar refractivity (Wildman–Crippen MR) is 114 cm³/mol. The van der Waals surface area contributed by atoms with Gasteiger partial charge < -0.3 is 18.9 Å². The number of carbonyl (C=O) groups is 1. The number of para-hydroxylation sites is 2. The van der Waals surface area contributed by atoms with Crippen molar-refractivity contribution in [2.24, 2.45) is 0 Å². The van der Waals surface area contributed by atoms with E-state index in [0.29, 0.717) is 43.0 Å². The van der Waals surface area contributed by atoms with Crippen LogP contribution in [0.5, 0.6) is 11.5 Å². The van der Waals surface area contributed by atoms with E-state index in [0.717, 1.165) is 5.69 Å². The van der Waals surface area contributed by atoms with E-state index in [4.69, 9.17) is 9.47 Å². The first-order valence-electron chi connectivity index (χ1n) is 9.09. The summed E-state index contributed by atoms with van der Waals surface area (Å²) in [4.78, 5) is 15.0. The minimum Gasteiger partial charge on any atom is -0.731 e. The van der Waals surface area contributed by atoms with E-state index in [1.807, 2.05) is 24.3 Å². The average Bonchev–Trinajstić information content (AvgIpc) is 2.72. The van der Waals surface area contributed by atoms with Crippen LogP contribution in [0.3, 0.4) is 0 Å². The molecule has 1 N–H and O–H groups in total. The Labute approximate surface area is 182 Å². The first-order chi connectivity index (χ1) is 13.8. The van der Waals surface area contributed by atoms with E-state index in [9.17, 15) is 17.8 Å². The van der Waals surface area contributed by atoms with Gasteiger partial charge in [0.05, 0.1) is 25.3 Å². The van der Waals surface area contributed by atoms with Gasteiger partial charge in [-0.25, -0.2) is 8.42 Å². The van der Waals surface area contributed by atoms with Crippen molar-refractivity contribution in [3.8, 4) is 11.5 Å². The number of halogens is 1. The first kappa shape index (κ1) is 23.8. The van der Waals surface area contributed by atoms with Gasteiger partial charge in [0.15, 0.2) is 10.3 Å². The van der Waals surface area contributed by atoms with E-state index in [-0.39, 0.29) is 12.4 Å². The number of hydrogen-bond donors (Lipinski definition) is 1. The smallest absolute Gasteiger partial charge is 0.243 e. The Morgan fingerprint density at radius 3 is 2.33 bits per heavy atom. The monoisotopic (exact) mass is 455 g/mol. The highest BCUT2D eigenvalue weighted by atomic mass is 35.5. The summed E-state index contributed by atoms with van der Waals surface area (Å²) < 4.78 is 45.9. The molecule has 0 radical (unpaired) electrons. The Morgan fingerprint density at radius 1 is 1.07 bits per heavy atom. The van der Waals surface area contributed by atoms with Crippen molar-refractivity contribution in [1.82, 2.24) is 4.72 Å². The number of carbonyl (C=O) groups excluding carboxylic acids is 1. The standard InChI is InChI=1S/C20H24N2O6S.ClH/c1-27-16-7-5-6-15(14-16)20(19(23)21-29(24,25)26)10-12-22(13-11-20)17-8-3-4-9-18(17)28-2;/h3-9,14H,10-13H2,1-2H3,(H,21,23)(H,24,25,26);1H/p-1. The molecule has 1 aliphatic heterocycles. The van der Waals surface area contributed by atoms with Crippen molar-refractivity contribution in [1.29, 1.82) is 0 Å². The molecule has 0 spiro atoms. The van der Waals surface area contributed by atoms with Gasteiger partial charge >= 0.3 is 0 Å². The van der Waals surface area contributed by atoms with E-state index in [2.05, 4.69) is 4.90 Å². The summed E-state index contributed by atoms with van der Waals surface area (Å²) in [5, 5.41) is 0. The van der Waals surface area contributed by atoms with Crippen LogP contribution >= 0.6 is 12.4 Å². The third-order valence-electron chi connectivity index (χ3n) is 5.32. The topological polar surface area (TPSA) is 108 Å². The number of anilines is 1. The van der Waals surface area contributed by atoms with Gasteiger partial charge in [0.1, 0.15) is 11.5 Å². The Balaban J connectivity index is 0.00000320. The van der Waals surface area contributed by atoms with Crippen LogP contribution in [0.4, 0.5) is 5.69 Å². The zero-order valence-electron chi connectivity index (χ0n) is 16.7. The molecule has 1 fully saturated rings. The summed E-state index contributed by atoms with van der Waals surface area (Å²) >= 11 is 0. The highest BCUT2D eigenvalue weighted by Gasteiger charge is 2.44. The molecule has 1 aliphatic rings. The summed E-state index contributed by atoms with van der Waals surface area (Å²) in [6.07, 6.45) is 0.638. The number of nitrogens with one attached hydrogen (secondary N) is 1. The predicted octanol–water partition coefficient (Wildman–Crippen LogP) is 2.24.